The van der Waals surface area contributed by atoms with E-state index >= 15 is 0 Å². The van der Waals surface area contributed by atoms with Gasteiger partial charge in [0, 0.05) is 17.9 Å². The third-order valence-electron chi connectivity index (χ3n) is 3.51. The van der Waals surface area contributed by atoms with Crippen molar-refractivity contribution < 1.29 is 9.66 Å². The molecule has 2 aromatic carbocycles. The molecule has 0 unspecified atom stereocenters. The molecule has 9 heteroatoms. The maximum absolute atomic E-state index is 10.7. The molecule has 25 heavy (non-hydrogen) atoms. The van der Waals surface area contributed by atoms with E-state index in [0.29, 0.717) is 17.5 Å². The van der Waals surface area contributed by atoms with E-state index in [1.54, 1.807) is 23.9 Å². The molecule has 128 valence electrons. The Hall–Kier alpha value is -2.94. The monoisotopic (exact) mass is 357 g/mol. The second-order valence-electron chi connectivity index (χ2n) is 5.18. The zero-order chi connectivity index (χ0) is 17.6. The van der Waals surface area contributed by atoms with Crippen LogP contribution in [0.4, 0.5) is 5.69 Å². The van der Waals surface area contributed by atoms with Crippen LogP contribution in [0.15, 0.2) is 53.7 Å². The van der Waals surface area contributed by atoms with Gasteiger partial charge in [0.05, 0.1) is 18.6 Å². The molecule has 0 fully saturated rings. The average molecular weight is 357 g/mol. The number of hydrogen-bond acceptors (Lipinski definition) is 7. The molecule has 0 bridgehead atoms. The van der Waals surface area contributed by atoms with Gasteiger partial charge in [0.15, 0.2) is 0 Å². The zero-order valence-electron chi connectivity index (χ0n) is 13.4. The van der Waals surface area contributed by atoms with Gasteiger partial charge in [-0.25, -0.2) is 4.68 Å². The molecular formula is C16H15N5O3S. The van der Waals surface area contributed by atoms with Crippen LogP contribution >= 0.6 is 11.8 Å². The van der Waals surface area contributed by atoms with Crippen LogP contribution in [0.5, 0.6) is 5.75 Å². The zero-order valence-corrected chi connectivity index (χ0v) is 14.2. The first-order valence-electron chi connectivity index (χ1n) is 7.41. The lowest BCUT2D eigenvalue weighted by molar-refractivity contribution is -0.384. The van der Waals surface area contributed by atoms with Crippen LogP contribution in [0.2, 0.25) is 0 Å². The van der Waals surface area contributed by atoms with E-state index in [2.05, 4.69) is 15.5 Å². The molecule has 0 amide bonds. The summed E-state index contributed by atoms with van der Waals surface area (Å²) < 4.78 is 6.87. The SMILES string of the molecule is COc1ccc(Cn2nnnc2SCc2ccc([N+](=O)[O-])cc2)cc1. The molecule has 0 atom stereocenters. The summed E-state index contributed by atoms with van der Waals surface area (Å²) in [5.41, 5.74) is 2.11. The molecule has 0 saturated carbocycles. The van der Waals surface area contributed by atoms with Gasteiger partial charge < -0.3 is 4.74 Å². The van der Waals surface area contributed by atoms with Crippen LogP contribution in [-0.2, 0) is 12.3 Å². The van der Waals surface area contributed by atoms with Gasteiger partial charge in [-0.1, -0.05) is 36.0 Å². The Morgan fingerprint density at radius 3 is 2.44 bits per heavy atom. The van der Waals surface area contributed by atoms with Crippen molar-refractivity contribution in [2.45, 2.75) is 17.5 Å². The molecule has 0 spiro atoms. The van der Waals surface area contributed by atoms with Crippen LogP contribution in [0.1, 0.15) is 11.1 Å². The number of thioether (sulfide) groups is 1. The van der Waals surface area contributed by atoms with Crippen LogP contribution in [0.3, 0.4) is 0 Å². The maximum Gasteiger partial charge on any atom is 0.269 e. The Morgan fingerprint density at radius 1 is 1.12 bits per heavy atom. The summed E-state index contributed by atoms with van der Waals surface area (Å²) >= 11 is 1.48. The fourth-order valence-corrected chi connectivity index (χ4v) is 3.00. The van der Waals surface area contributed by atoms with Gasteiger partial charge in [-0.05, 0) is 33.7 Å². The number of nitro benzene ring substituents is 1. The van der Waals surface area contributed by atoms with Crippen LogP contribution < -0.4 is 4.74 Å². The normalized spacial score (nSPS) is 10.6. The summed E-state index contributed by atoms with van der Waals surface area (Å²) in [7, 11) is 1.63. The minimum Gasteiger partial charge on any atom is -0.497 e. The number of aromatic nitrogens is 4. The number of methoxy groups -OCH3 is 1. The second kappa shape index (κ2) is 7.75. The Balaban J connectivity index is 1.64. The first-order chi connectivity index (χ1) is 12.2. The largest absolute Gasteiger partial charge is 0.497 e. The summed E-state index contributed by atoms with van der Waals surface area (Å²) in [4.78, 5) is 10.3. The fourth-order valence-electron chi connectivity index (χ4n) is 2.16. The molecule has 0 aliphatic carbocycles. The summed E-state index contributed by atoms with van der Waals surface area (Å²) in [6, 6.07) is 14.2. The lowest BCUT2D eigenvalue weighted by atomic mass is 10.2. The summed E-state index contributed by atoms with van der Waals surface area (Å²) in [5, 5.41) is 23.2. The van der Waals surface area contributed by atoms with E-state index < -0.39 is 4.92 Å². The molecule has 3 aromatic rings. The predicted octanol–water partition coefficient (Wildman–Crippen LogP) is 2.93. The van der Waals surface area contributed by atoms with E-state index in [0.717, 1.165) is 16.9 Å². The molecule has 3 rings (SSSR count). The second-order valence-corrected chi connectivity index (χ2v) is 6.12. The van der Waals surface area contributed by atoms with Gasteiger partial charge in [-0.15, -0.1) is 5.10 Å². The lowest BCUT2D eigenvalue weighted by Crippen LogP contribution is -2.04. The topological polar surface area (TPSA) is 96.0 Å². The Kier molecular flexibility index (Phi) is 5.24. The highest BCUT2D eigenvalue weighted by Gasteiger charge is 2.09. The first-order valence-corrected chi connectivity index (χ1v) is 8.39. The van der Waals surface area contributed by atoms with Gasteiger partial charge in [-0.2, -0.15) is 0 Å². The van der Waals surface area contributed by atoms with Crippen LogP contribution in [-0.4, -0.2) is 32.2 Å². The number of ether oxygens (including phenoxy) is 1. The highest BCUT2D eigenvalue weighted by Crippen LogP contribution is 2.22. The molecule has 8 nitrogen and oxygen atoms in total. The smallest absolute Gasteiger partial charge is 0.269 e. The van der Waals surface area contributed by atoms with E-state index in [9.17, 15) is 10.1 Å². The summed E-state index contributed by atoms with van der Waals surface area (Å²) in [6.07, 6.45) is 0. The summed E-state index contributed by atoms with van der Waals surface area (Å²) in [5.74, 6) is 1.43. The lowest BCUT2D eigenvalue weighted by Gasteiger charge is -2.06. The quantitative estimate of drug-likeness (QED) is 0.364. The number of tetrazole rings is 1. The van der Waals surface area contributed by atoms with Crippen LogP contribution in [0, 0.1) is 10.1 Å². The predicted molar refractivity (Wildman–Crippen MR) is 92.6 cm³/mol. The molecule has 0 saturated heterocycles. The van der Waals surface area contributed by atoms with Crippen molar-refractivity contribution in [1.29, 1.82) is 0 Å². The van der Waals surface area contributed by atoms with Crippen molar-refractivity contribution in [3.8, 4) is 5.75 Å². The summed E-state index contributed by atoms with van der Waals surface area (Å²) in [6.45, 7) is 0.555. The minimum absolute atomic E-state index is 0.0816. The minimum atomic E-state index is -0.410. The fraction of sp³-hybridized carbons (Fsp3) is 0.188. The highest BCUT2D eigenvalue weighted by molar-refractivity contribution is 7.98. The number of nitro groups is 1. The maximum atomic E-state index is 10.7. The third kappa shape index (κ3) is 4.32. The van der Waals surface area contributed by atoms with Crippen molar-refractivity contribution in [3.63, 3.8) is 0 Å². The number of hydrogen-bond donors (Lipinski definition) is 0. The Labute approximate surface area is 148 Å². The molecular weight excluding hydrogens is 342 g/mol. The van der Waals surface area contributed by atoms with Gasteiger partial charge in [0.2, 0.25) is 5.16 Å². The Bertz CT molecular complexity index is 849. The number of benzene rings is 2. The molecule has 0 N–H and O–H groups in total. The number of rotatable bonds is 7. The molecule has 0 aliphatic rings. The highest BCUT2D eigenvalue weighted by atomic mass is 32.2. The molecule has 1 heterocycles. The molecule has 0 radical (unpaired) electrons. The van der Waals surface area contributed by atoms with E-state index in [-0.39, 0.29) is 5.69 Å². The first kappa shape index (κ1) is 16.9. The van der Waals surface area contributed by atoms with Crippen molar-refractivity contribution in [2.75, 3.05) is 7.11 Å². The standard InChI is InChI=1S/C16H15N5O3S/c1-24-15-8-4-12(5-9-15)10-20-16(17-18-19-20)25-11-13-2-6-14(7-3-13)21(22)23/h2-9H,10-11H2,1H3. The van der Waals surface area contributed by atoms with Crippen LogP contribution in [0.25, 0.3) is 0 Å². The number of nitrogens with zero attached hydrogens (tertiary/aromatic N) is 5. The van der Waals surface area contributed by atoms with Gasteiger partial charge >= 0.3 is 0 Å². The number of non-ortho nitro benzene ring substituents is 1. The van der Waals surface area contributed by atoms with E-state index in [1.807, 2.05) is 24.3 Å². The molecule has 1 aromatic heterocycles. The van der Waals surface area contributed by atoms with Gasteiger partial charge in [-0.3, -0.25) is 10.1 Å². The van der Waals surface area contributed by atoms with E-state index in [1.165, 1.54) is 23.9 Å². The van der Waals surface area contributed by atoms with Gasteiger partial charge in [0.1, 0.15) is 5.75 Å². The third-order valence-corrected chi connectivity index (χ3v) is 4.53. The Morgan fingerprint density at radius 2 is 1.80 bits per heavy atom. The van der Waals surface area contributed by atoms with Gasteiger partial charge in [0.25, 0.3) is 5.69 Å². The van der Waals surface area contributed by atoms with Crippen molar-refractivity contribution in [2.24, 2.45) is 0 Å². The van der Waals surface area contributed by atoms with Crippen molar-refractivity contribution >= 4 is 17.4 Å². The molecule has 0 aliphatic heterocycles. The average Bonchev–Trinajstić information content (AvgIpc) is 3.08. The van der Waals surface area contributed by atoms with Crippen molar-refractivity contribution in [3.05, 3.63) is 69.8 Å². The van der Waals surface area contributed by atoms with Crippen molar-refractivity contribution in [1.82, 2.24) is 20.2 Å². The van der Waals surface area contributed by atoms with E-state index in [4.69, 9.17) is 4.74 Å².